The maximum atomic E-state index is 5.78. The van der Waals surface area contributed by atoms with E-state index in [1.807, 2.05) is 0 Å². The fourth-order valence-corrected chi connectivity index (χ4v) is 1.81. The summed E-state index contributed by atoms with van der Waals surface area (Å²) in [5, 5.41) is 0. The van der Waals surface area contributed by atoms with Crippen molar-refractivity contribution >= 4 is 0 Å². The molecule has 2 heteroatoms. The Bertz CT molecular complexity index is 162. The third-order valence-corrected chi connectivity index (χ3v) is 3.05. The van der Waals surface area contributed by atoms with Gasteiger partial charge in [0.2, 0.25) is 0 Å². The first-order valence-electron chi connectivity index (χ1n) is 6.03. The molecule has 0 saturated heterocycles. The summed E-state index contributed by atoms with van der Waals surface area (Å²) in [6.07, 6.45) is 5.44. The van der Waals surface area contributed by atoms with Crippen molar-refractivity contribution in [2.75, 3.05) is 19.6 Å². The van der Waals surface area contributed by atoms with Crippen LogP contribution in [0.2, 0.25) is 0 Å². The molecule has 0 aliphatic heterocycles. The predicted octanol–water partition coefficient (Wildman–Crippen LogP) is 2.24. The topological polar surface area (TPSA) is 29.3 Å². The molecular formula is C12H26N2. The van der Waals surface area contributed by atoms with Crippen LogP contribution in [-0.2, 0) is 0 Å². The number of nitrogens with zero attached hydrogens (tertiary/aromatic N) is 1. The lowest BCUT2D eigenvalue weighted by Crippen LogP contribution is -2.40. The van der Waals surface area contributed by atoms with Crippen LogP contribution in [-0.4, -0.2) is 30.6 Å². The first kappa shape index (κ1) is 12.0. The van der Waals surface area contributed by atoms with E-state index >= 15 is 0 Å². The zero-order chi connectivity index (χ0) is 10.6. The molecule has 1 saturated carbocycles. The van der Waals surface area contributed by atoms with Crippen LogP contribution in [0.3, 0.4) is 0 Å². The summed E-state index contributed by atoms with van der Waals surface area (Å²) in [6.45, 7) is 10.0. The molecule has 1 aliphatic carbocycles. The molecule has 0 spiro atoms. The Morgan fingerprint density at radius 1 is 1.36 bits per heavy atom. The molecule has 0 atom stereocenters. The van der Waals surface area contributed by atoms with E-state index in [1.54, 1.807) is 0 Å². The molecule has 1 aliphatic rings. The Hall–Kier alpha value is -0.0800. The average molecular weight is 198 g/mol. The van der Waals surface area contributed by atoms with Gasteiger partial charge < -0.3 is 5.73 Å². The minimum Gasteiger partial charge on any atom is -0.330 e. The normalized spacial score (nSPS) is 17.8. The number of nitrogens with two attached hydrogens (primary N) is 1. The zero-order valence-corrected chi connectivity index (χ0v) is 10.1. The molecule has 0 unspecified atom stereocenters. The van der Waals surface area contributed by atoms with Gasteiger partial charge in [0, 0.05) is 12.6 Å². The van der Waals surface area contributed by atoms with E-state index in [1.165, 1.54) is 38.8 Å². The number of hydrogen-bond donors (Lipinski definition) is 1. The Kier molecular flexibility index (Phi) is 4.39. The number of hydrogen-bond acceptors (Lipinski definition) is 2. The van der Waals surface area contributed by atoms with Crippen molar-refractivity contribution in [1.29, 1.82) is 0 Å². The highest BCUT2D eigenvalue weighted by molar-refractivity contribution is 4.87. The van der Waals surface area contributed by atoms with Gasteiger partial charge in [-0.1, -0.05) is 27.2 Å². The summed E-state index contributed by atoms with van der Waals surface area (Å²) in [5.41, 5.74) is 6.07. The van der Waals surface area contributed by atoms with Crippen LogP contribution in [0, 0.1) is 5.41 Å². The van der Waals surface area contributed by atoms with Gasteiger partial charge in [-0.25, -0.2) is 0 Å². The molecule has 1 rings (SSSR count). The van der Waals surface area contributed by atoms with Crippen LogP contribution in [0.5, 0.6) is 0 Å². The van der Waals surface area contributed by atoms with Gasteiger partial charge in [-0.2, -0.15) is 0 Å². The molecule has 1 fully saturated rings. The Balaban J connectivity index is 2.34. The largest absolute Gasteiger partial charge is 0.330 e. The van der Waals surface area contributed by atoms with Crippen molar-refractivity contribution < 1.29 is 0 Å². The maximum Gasteiger partial charge on any atom is 0.00966 e. The van der Waals surface area contributed by atoms with E-state index in [9.17, 15) is 0 Å². The van der Waals surface area contributed by atoms with E-state index in [-0.39, 0.29) is 5.41 Å². The van der Waals surface area contributed by atoms with Gasteiger partial charge in [0.25, 0.3) is 0 Å². The van der Waals surface area contributed by atoms with Gasteiger partial charge in [-0.15, -0.1) is 0 Å². The van der Waals surface area contributed by atoms with Crippen molar-refractivity contribution in [3.8, 4) is 0 Å². The van der Waals surface area contributed by atoms with Gasteiger partial charge in [0.05, 0.1) is 0 Å². The summed E-state index contributed by atoms with van der Waals surface area (Å²) in [5.74, 6) is 0. The molecule has 0 bridgehead atoms. The van der Waals surface area contributed by atoms with E-state index in [0.717, 1.165) is 12.6 Å². The molecule has 14 heavy (non-hydrogen) atoms. The highest BCUT2D eigenvalue weighted by Crippen LogP contribution is 2.30. The zero-order valence-electron chi connectivity index (χ0n) is 10.1. The molecule has 0 aromatic heterocycles. The third-order valence-electron chi connectivity index (χ3n) is 3.05. The van der Waals surface area contributed by atoms with Crippen molar-refractivity contribution in [2.24, 2.45) is 11.1 Å². The summed E-state index contributed by atoms with van der Waals surface area (Å²) < 4.78 is 0. The maximum absolute atomic E-state index is 5.78. The van der Waals surface area contributed by atoms with Crippen molar-refractivity contribution in [3.63, 3.8) is 0 Å². The molecule has 0 aromatic carbocycles. The van der Waals surface area contributed by atoms with E-state index in [4.69, 9.17) is 5.73 Å². The summed E-state index contributed by atoms with van der Waals surface area (Å²) in [7, 11) is 0. The van der Waals surface area contributed by atoms with Crippen molar-refractivity contribution in [1.82, 2.24) is 4.90 Å². The quantitative estimate of drug-likeness (QED) is 0.680. The van der Waals surface area contributed by atoms with Crippen LogP contribution in [0.1, 0.15) is 46.5 Å². The van der Waals surface area contributed by atoms with Gasteiger partial charge in [-0.3, -0.25) is 4.90 Å². The van der Waals surface area contributed by atoms with Crippen LogP contribution >= 0.6 is 0 Å². The first-order valence-corrected chi connectivity index (χ1v) is 6.03. The van der Waals surface area contributed by atoms with Crippen molar-refractivity contribution in [2.45, 2.75) is 52.5 Å². The van der Waals surface area contributed by atoms with E-state index in [2.05, 4.69) is 25.7 Å². The minimum absolute atomic E-state index is 0.288. The fraction of sp³-hybridized carbons (Fsp3) is 1.00. The molecule has 2 N–H and O–H groups in total. The molecule has 0 amide bonds. The Morgan fingerprint density at radius 3 is 2.43 bits per heavy atom. The smallest absolute Gasteiger partial charge is 0.00966 e. The highest BCUT2D eigenvalue weighted by Gasteiger charge is 2.31. The average Bonchev–Trinajstić information content (AvgIpc) is 2.95. The molecule has 0 aromatic rings. The highest BCUT2D eigenvalue weighted by atomic mass is 15.2. The summed E-state index contributed by atoms with van der Waals surface area (Å²) >= 11 is 0. The van der Waals surface area contributed by atoms with Gasteiger partial charge in [-0.05, 0) is 37.8 Å². The number of unbranched alkanes of at least 4 members (excludes halogenated alkanes) is 1. The van der Waals surface area contributed by atoms with E-state index < -0.39 is 0 Å². The Labute approximate surface area is 88.8 Å². The second-order valence-electron chi connectivity index (χ2n) is 5.42. The predicted molar refractivity (Wildman–Crippen MR) is 62.3 cm³/mol. The minimum atomic E-state index is 0.288. The summed E-state index contributed by atoms with van der Waals surface area (Å²) in [6, 6.07) is 0.882. The lowest BCUT2D eigenvalue weighted by Gasteiger charge is -2.31. The van der Waals surface area contributed by atoms with Crippen LogP contribution in [0.15, 0.2) is 0 Å². The van der Waals surface area contributed by atoms with Gasteiger partial charge in [0.1, 0.15) is 0 Å². The van der Waals surface area contributed by atoms with Crippen LogP contribution < -0.4 is 5.73 Å². The lowest BCUT2D eigenvalue weighted by atomic mass is 9.93. The second kappa shape index (κ2) is 5.13. The first-order chi connectivity index (χ1) is 6.59. The van der Waals surface area contributed by atoms with Gasteiger partial charge >= 0.3 is 0 Å². The molecule has 2 nitrogen and oxygen atoms in total. The molecule has 0 heterocycles. The molecule has 84 valence electrons. The van der Waals surface area contributed by atoms with Crippen molar-refractivity contribution in [3.05, 3.63) is 0 Å². The monoisotopic (exact) mass is 198 g/mol. The van der Waals surface area contributed by atoms with Crippen LogP contribution in [0.4, 0.5) is 0 Å². The molecule has 0 radical (unpaired) electrons. The SMILES string of the molecule is CCCCN(CC(C)(C)CN)C1CC1. The Morgan fingerprint density at radius 2 is 2.00 bits per heavy atom. The second-order valence-corrected chi connectivity index (χ2v) is 5.42. The molecular weight excluding hydrogens is 172 g/mol. The number of rotatable bonds is 7. The van der Waals surface area contributed by atoms with Gasteiger partial charge in [0.15, 0.2) is 0 Å². The third kappa shape index (κ3) is 3.97. The fourth-order valence-electron chi connectivity index (χ4n) is 1.81. The standard InChI is InChI=1S/C12H26N2/c1-4-5-8-14(11-6-7-11)10-12(2,3)9-13/h11H,4-10,13H2,1-3H3. The van der Waals surface area contributed by atoms with E-state index in [0.29, 0.717) is 0 Å². The van der Waals surface area contributed by atoms with Crippen LogP contribution in [0.25, 0.3) is 0 Å². The lowest BCUT2D eigenvalue weighted by molar-refractivity contribution is 0.172. The summed E-state index contributed by atoms with van der Waals surface area (Å²) in [4.78, 5) is 2.65.